The topological polar surface area (TPSA) is 85.2 Å². The van der Waals surface area contributed by atoms with Crippen molar-refractivity contribution < 1.29 is 14.3 Å². The van der Waals surface area contributed by atoms with Crippen molar-refractivity contribution in [3.63, 3.8) is 0 Å². The number of nitrogens with one attached hydrogen (secondary N) is 2. The molecule has 1 atom stereocenters. The van der Waals surface area contributed by atoms with Crippen LogP contribution < -0.4 is 15.4 Å². The maximum atomic E-state index is 12.6. The van der Waals surface area contributed by atoms with Crippen molar-refractivity contribution >= 4 is 11.8 Å². The summed E-state index contributed by atoms with van der Waals surface area (Å²) in [6.07, 6.45) is 0.763. The average Bonchev–Trinajstić information content (AvgIpc) is 2.99. The lowest BCUT2D eigenvalue weighted by Crippen LogP contribution is -2.50. The highest BCUT2D eigenvalue weighted by molar-refractivity contribution is 5.99. The third kappa shape index (κ3) is 5.58. The molecular formula is C21H30N4O3. The number of benzene rings is 1. The zero-order valence-electron chi connectivity index (χ0n) is 17.3. The molecule has 0 spiro atoms. The van der Waals surface area contributed by atoms with Crippen LogP contribution >= 0.6 is 0 Å². The number of hydrogen-bond donors (Lipinski definition) is 2. The number of ether oxygens (including phenoxy) is 1. The molecule has 0 unspecified atom stereocenters. The van der Waals surface area contributed by atoms with Gasteiger partial charge in [0.2, 0.25) is 5.91 Å². The van der Waals surface area contributed by atoms with Crippen LogP contribution in [0.2, 0.25) is 0 Å². The van der Waals surface area contributed by atoms with E-state index in [4.69, 9.17) is 4.74 Å². The molecule has 1 aromatic heterocycles. The Hall–Kier alpha value is -2.83. The van der Waals surface area contributed by atoms with Gasteiger partial charge in [0.1, 0.15) is 11.8 Å². The first kappa shape index (κ1) is 21.5. The number of para-hydroxylation sites is 1. The number of carbonyl (C=O) groups is 2. The molecule has 28 heavy (non-hydrogen) atoms. The minimum Gasteiger partial charge on any atom is -0.496 e. The van der Waals surface area contributed by atoms with Crippen molar-refractivity contribution in [3.05, 3.63) is 47.3 Å². The summed E-state index contributed by atoms with van der Waals surface area (Å²) in [4.78, 5) is 25.2. The highest BCUT2D eigenvalue weighted by Gasteiger charge is 2.25. The van der Waals surface area contributed by atoms with Gasteiger partial charge in [0.05, 0.1) is 18.4 Å². The molecule has 2 rings (SSSR count). The number of rotatable bonds is 9. The van der Waals surface area contributed by atoms with Crippen LogP contribution in [0.4, 0.5) is 0 Å². The summed E-state index contributed by atoms with van der Waals surface area (Å²) >= 11 is 0. The highest BCUT2D eigenvalue weighted by Crippen LogP contribution is 2.17. The molecule has 1 heterocycles. The normalized spacial score (nSPS) is 11.9. The molecule has 0 aliphatic carbocycles. The molecule has 0 aliphatic heterocycles. The molecule has 2 amide bonds. The van der Waals surface area contributed by atoms with Crippen LogP contribution in [0.15, 0.2) is 30.3 Å². The molecule has 2 aromatic rings. The Bertz CT molecular complexity index is 814. The lowest BCUT2D eigenvalue weighted by molar-refractivity contribution is -0.123. The van der Waals surface area contributed by atoms with Gasteiger partial charge in [0.15, 0.2) is 0 Å². The number of carbonyl (C=O) groups excluding carboxylic acids is 2. The summed E-state index contributed by atoms with van der Waals surface area (Å²) in [5, 5.41) is 10.2. The Labute approximate surface area is 166 Å². The van der Waals surface area contributed by atoms with E-state index in [1.165, 1.54) is 7.11 Å². The second-order valence-corrected chi connectivity index (χ2v) is 7.19. The van der Waals surface area contributed by atoms with Crippen molar-refractivity contribution in [2.24, 2.45) is 5.92 Å². The summed E-state index contributed by atoms with van der Waals surface area (Å²) in [6, 6.07) is 8.37. The smallest absolute Gasteiger partial charge is 0.255 e. The predicted molar refractivity (Wildman–Crippen MR) is 108 cm³/mol. The van der Waals surface area contributed by atoms with Crippen molar-refractivity contribution in [2.75, 3.05) is 13.7 Å². The van der Waals surface area contributed by atoms with Crippen LogP contribution in [0.25, 0.3) is 0 Å². The third-order valence-corrected chi connectivity index (χ3v) is 4.54. The van der Waals surface area contributed by atoms with Gasteiger partial charge in [0.25, 0.3) is 5.91 Å². The van der Waals surface area contributed by atoms with Crippen molar-refractivity contribution in [1.29, 1.82) is 0 Å². The summed E-state index contributed by atoms with van der Waals surface area (Å²) in [5.41, 5.74) is 2.50. The first-order valence-electron chi connectivity index (χ1n) is 9.56. The maximum absolute atomic E-state index is 12.6. The Kier molecular flexibility index (Phi) is 7.61. The Morgan fingerprint density at radius 3 is 2.54 bits per heavy atom. The molecule has 1 aromatic carbocycles. The molecule has 0 saturated heterocycles. The molecule has 0 fully saturated rings. The Morgan fingerprint density at radius 1 is 1.21 bits per heavy atom. The van der Waals surface area contributed by atoms with Crippen LogP contribution in [-0.2, 0) is 11.3 Å². The number of aromatic nitrogens is 2. The fourth-order valence-corrected chi connectivity index (χ4v) is 3.04. The van der Waals surface area contributed by atoms with Gasteiger partial charge in [-0.05, 0) is 44.4 Å². The molecule has 0 aliphatic rings. The van der Waals surface area contributed by atoms with Gasteiger partial charge < -0.3 is 15.4 Å². The van der Waals surface area contributed by atoms with Gasteiger partial charge >= 0.3 is 0 Å². The summed E-state index contributed by atoms with van der Waals surface area (Å²) in [7, 11) is 1.52. The summed E-state index contributed by atoms with van der Waals surface area (Å²) in [6.45, 7) is 9.04. The van der Waals surface area contributed by atoms with Gasteiger partial charge in [-0.2, -0.15) is 5.10 Å². The summed E-state index contributed by atoms with van der Waals surface area (Å²) in [5.74, 6) is -0.0805. The first-order chi connectivity index (χ1) is 13.3. The van der Waals surface area contributed by atoms with Gasteiger partial charge in [-0.25, -0.2) is 0 Å². The number of methoxy groups -OCH3 is 1. The first-order valence-corrected chi connectivity index (χ1v) is 9.56. The van der Waals surface area contributed by atoms with Crippen LogP contribution in [0.3, 0.4) is 0 Å². The molecule has 152 valence electrons. The zero-order chi connectivity index (χ0) is 20.7. The molecule has 2 N–H and O–H groups in total. The number of hydrogen-bond acceptors (Lipinski definition) is 4. The van der Waals surface area contributed by atoms with Gasteiger partial charge in [-0.3, -0.25) is 14.3 Å². The molecule has 7 heteroatoms. The third-order valence-electron chi connectivity index (χ3n) is 4.54. The van der Waals surface area contributed by atoms with E-state index in [1.807, 2.05) is 38.4 Å². The van der Waals surface area contributed by atoms with E-state index in [0.717, 1.165) is 24.4 Å². The van der Waals surface area contributed by atoms with E-state index in [1.54, 1.807) is 24.3 Å². The molecule has 0 radical (unpaired) electrons. The second-order valence-electron chi connectivity index (χ2n) is 7.19. The van der Waals surface area contributed by atoms with Crippen molar-refractivity contribution in [2.45, 2.75) is 46.7 Å². The number of amides is 2. The van der Waals surface area contributed by atoms with Gasteiger partial charge in [-0.15, -0.1) is 0 Å². The molecule has 0 saturated carbocycles. The number of aryl methyl sites for hydroxylation is 3. The Balaban J connectivity index is 1.90. The van der Waals surface area contributed by atoms with Gasteiger partial charge in [0, 0.05) is 18.8 Å². The van der Waals surface area contributed by atoms with Crippen LogP contribution in [-0.4, -0.2) is 41.3 Å². The predicted octanol–water partition coefficient (Wildman–Crippen LogP) is 2.47. The maximum Gasteiger partial charge on any atom is 0.255 e. The monoisotopic (exact) mass is 386 g/mol. The van der Waals surface area contributed by atoms with E-state index < -0.39 is 6.04 Å². The molecule has 7 nitrogen and oxygen atoms in total. The van der Waals surface area contributed by atoms with Crippen molar-refractivity contribution in [1.82, 2.24) is 20.4 Å². The minimum atomic E-state index is -0.619. The largest absolute Gasteiger partial charge is 0.496 e. The average molecular weight is 386 g/mol. The minimum absolute atomic E-state index is 0.0466. The fourth-order valence-electron chi connectivity index (χ4n) is 3.04. The van der Waals surface area contributed by atoms with Crippen molar-refractivity contribution in [3.8, 4) is 5.75 Å². The Morgan fingerprint density at radius 2 is 1.93 bits per heavy atom. The van der Waals surface area contributed by atoms with E-state index in [9.17, 15) is 9.59 Å². The quantitative estimate of drug-likeness (QED) is 0.649. The van der Waals surface area contributed by atoms with E-state index >= 15 is 0 Å². The lowest BCUT2D eigenvalue weighted by atomic mass is 10.0. The fraction of sp³-hybridized carbons (Fsp3) is 0.476. The summed E-state index contributed by atoms with van der Waals surface area (Å²) < 4.78 is 7.17. The molecule has 0 bridgehead atoms. The molecular weight excluding hydrogens is 356 g/mol. The van der Waals surface area contributed by atoms with Gasteiger partial charge in [-0.1, -0.05) is 26.0 Å². The zero-order valence-corrected chi connectivity index (χ0v) is 17.3. The van der Waals surface area contributed by atoms with Crippen LogP contribution in [0.5, 0.6) is 5.75 Å². The standard InChI is InChI=1S/C21H30N4O3/c1-14(2)19(23-20(26)17-9-6-7-10-18(17)28-5)21(27)22-11-8-12-25-16(4)13-15(3)24-25/h6-7,9-10,13-14,19H,8,11-12H2,1-5H3,(H,22,27)(H,23,26)/t19-/m0/s1. The number of nitrogens with zero attached hydrogens (tertiary/aromatic N) is 2. The van der Waals surface area contributed by atoms with E-state index in [-0.39, 0.29) is 17.7 Å². The van der Waals surface area contributed by atoms with Crippen LogP contribution in [0.1, 0.15) is 42.0 Å². The lowest BCUT2D eigenvalue weighted by Gasteiger charge is -2.22. The second kappa shape index (κ2) is 9.92. The van der Waals surface area contributed by atoms with Crippen LogP contribution in [0, 0.1) is 19.8 Å². The SMILES string of the molecule is COc1ccccc1C(=O)N[C@H](C(=O)NCCCn1nc(C)cc1C)C(C)C. The van der Waals surface area contributed by atoms with E-state index in [0.29, 0.717) is 17.9 Å². The highest BCUT2D eigenvalue weighted by atomic mass is 16.5. The van der Waals surface area contributed by atoms with E-state index in [2.05, 4.69) is 15.7 Å².